The first kappa shape index (κ1) is 78.5. The van der Waals surface area contributed by atoms with Crippen molar-refractivity contribution in [3.8, 4) is 0 Å². The van der Waals surface area contributed by atoms with E-state index in [1.165, 1.54) is 141 Å². The van der Waals surface area contributed by atoms with Crippen LogP contribution >= 0.6 is 0 Å². The SMILES string of the molecule is CC/C=C\C/C=C\C/C=C\C/C=C\C/C=C\C/C=C\C/C=C\C/C=C\C/C=C\CCCC(=O)OCC(COC(=O)CCCCCCC/C=C\C/C=C\CCCCC)OC(=O)CCCCCCCCCCCCCCCCCCCCCCC. The lowest BCUT2D eigenvalue weighted by molar-refractivity contribution is -0.167. The highest BCUT2D eigenvalue weighted by Crippen LogP contribution is 2.17. The van der Waals surface area contributed by atoms with Gasteiger partial charge in [0.05, 0.1) is 0 Å². The lowest BCUT2D eigenvalue weighted by Crippen LogP contribution is -2.30. The van der Waals surface area contributed by atoms with Crippen LogP contribution in [0.4, 0.5) is 0 Å². The Kier molecular flexibility index (Phi) is 66.3. The molecule has 0 radical (unpaired) electrons. The molecule has 0 spiro atoms. The van der Waals surface area contributed by atoms with Gasteiger partial charge in [0.2, 0.25) is 0 Å². The van der Waals surface area contributed by atoms with Crippen molar-refractivity contribution in [3.63, 3.8) is 0 Å². The molecule has 83 heavy (non-hydrogen) atoms. The average molecular weight is 1150 g/mol. The summed E-state index contributed by atoms with van der Waals surface area (Å²) < 4.78 is 16.9. The van der Waals surface area contributed by atoms with Crippen molar-refractivity contribution >= 4 is 17.9 Å². The van der Waals surface area contributed by atoms with Gasteiger partial charge in [0.15, 0.2) is 6.10 Å². The minimum absolute atomic E-state index is 0.104. The fourth-order valence-electron chi connectivity index (χ4n) is 9.48. The van der Waals surface area contributed by atoms with Gasteiger partial charge in [-0.1, -0.05) is 315 Å². The van der Waals surface area contributed by atoms with Crippen LogP contribution in [0.25, 0.3) is 0 Å². The van der Waals surface area contributed by atoms with E-state index >= 15 is 0 Å². The van der Waals surface area contributed by atoms with Gasteiger partial charge in [-0.25, -0.2) is 0 Å². The molecule has 472 valence electrons. The molecule has 0 aliphatic heterocycles. The van der Waals surface area contributed by atoms with Crippen LogP contribution in [0, 0.1) is 0 Å². The fourth-order valence-corrected chi connectivity index (χ4v) is 9.48. The smallest absolute Gasteiger partial charge is 0.306 e. The standard InChI is InChI=1S/C77H128O6/c1-4-7-10-13-16-19-22-25-28-30-32-34-35-36-37-38-39-40-41-43-44-46-49-52-55-58-61-64-67-70-76(79)82-73-74(72-81-75(78)69-66-63-60-57-54-51-48-27-24-21-18-15-12-9-6-3)83-77(80)71-68-65-62-59-56-53-50-47-45-42-33-31-29-26-23-20-17-14-11-8-5-2/h7,10,16,18-19,21,25,27-28,32,34,36-37,39-40,43-44,48-49,52,58,61,74H,4-6,8-9,11-15,17,20,22-24,26,29-31,33,35,38,41-42,45-47,50-51,53-57,59-60,62-73H2,1-3H3/b10-7-,19-16-,21-18-,28-25-,34-32-,37-36-,40-39-,44-43-,48-27-,52-49-,61-58-. The van der Waals surface area contributed by atoms with Crippen LogP contribution in [-0.2, 0) is 28.6 Å². The number of carbonyl (C=O) groups is 3. The van der Waals surface area contributed by atoms with Crippen LogP contribution < -0.4 is 0 Å². The van der Waals surface area contributed by atoms with Crippen LogP contribution in [0.1, 0.15) is 316 Å². The van der Waals surface area contributed by atoms with Gasteiger partial charge in [-0.2, -0.15) is 0 Å². The van der Waals surface area contributed by atoms with E-state index in [0.29, 0.717) is 19.3 Å². The van der Waals surface area contributed by atoms with Crippen molar-refractivity contribution in [3.05, 3.63) is 134 Å². The second-order valence-corrected chi connectivity index (χ2v) is 22.7. The van der Waals surface area contributed by atoms with Crippen molar-refractivity contribution in [1.82, 2.24) is 0 Å². The highest BCUT2D eigenvalue weighted by atomic mass is 16.6. The third-order valence-electron chi connectivity index (χ3n) is 14.6. The number of unbranched alkanes of at least 4 members (excludes halogenated alkanes) is 29. The lowest BCUT2D eigenvalue weighted by Gasteiger charge is -2.18. The Labute approximate surface area is 513 Å². The Morgan fingerprint density at radius 1 is 0.253 bits per heavy atom. The number of hydrogen-bond acceptors (Lipinski definition) is 6. The number of ether oxygens (including phenoxy) is 3. The molecule has 0 amide bonds. The summed E-state index contributed by atoms with van der Waals surface area (Å²) in [5, 5.41) is 0. The zero-order valence-electron chi connectivity index (χ0n) is 54.2. The number of allylic oxidation sites excluding steroid dienone is 22. The third kappa shape index (κ3) is 68.2. The van der Waals surface area contributed by atoms with E-state index in [1.54, 1.807) is 0 Å². The van der Waals surface area contributed by atoms with E-state index < -0.39 is 6.10 Å². The van der Waals surface area contributed by atoms with E-state index in [1.807, 2.05) is 0 Å². The van der Waals surface area contributed by atoms with E-state index in [0.717, 1.165) is 128 Å². The van der Waals surface area contributed by atoms with Gasteiger partial charge in [-0.15, -0.1) is 0 Å². The van der Waals surface area contributed by atoms with Crippen LogP contribution in [0.2, 0.25) is 0 Å². The molecule has 0 aromatic rings. The van der Waals surface area contributed by atoms with Gasteiger partial charge >= 0.3 is 17.9 Å². The molecule has 0 saturated heterocycles. The number of hydrogen-bond donors (Lipinski definition) is 0. The molecular formula is C77H128O6. The maximum absolute atomic E-state index is 12.9. The van der Waals surface area contributed by atoms with Crippen LogP contribution in [0.15, 0.2) is 134 Å². The molecule has 0 N–H and O–H groups in total. The second-order valence-electron chi connectivity index (χ2n) is 22.7. The lowest BCUT2D eigenvalue weighted by atomic mass is 10.0. The molecule has 1 atom stereocenters. The Balaban J connectivity index is 4.45. The summed E-state index contributed by atoms with van der Waals surface area (Å²) in [5.41, 5.74) is 0. The van der Waals surface area contributed by atoms with Crippen LogP contribution in [-0.4, -0.2) is 37.2 Å². The predicted octanol–water partition coefficient (Wildman–Crippen LogP) is 24.1. The number of rotatable bonds is 62. The van der Waals surface area contributed by atoms with Crippen LogP contribution in [0.5, 0.6) is 0 Å². The molecule has 0 aliphatic rings. The molecule has 6 nitrogen and oxygen atoms in total. The van der Waals surface area contributed by atoms with Crippen molar-refractivity contribution in [2.24, 2.45) is 0 Å². The zero-order valence-corrected chi connectivity index (χ0v) is 54.2. The van der Waals surface area contributed by atoms with Crippen LogP contribution in [0.3, 0.4) is 0 Å². The van der Waals surface area contributed by atoms with Gasteiger partial charge in [-0.05, 0) is 116 Å². The Hall–Kier alpha value is -4.45. The molecule has 0 rings (SSSR count). The van der Waals surface area contributed by atoms with E-state index in [4.69, 9.17) is 14.2 Å². The number of esters is 3. The minimum atomic E-state index is -0.812. The van der Waals surface area contributed by atoms with Crippen molar-refractivity contribution < 1.29 is 28.6 Å². The van der Waals surface area contributed by atoms with Gasteiger partial charge < -0.3 is 14.2 Å². The highest BCUT2D eigenvalue weighted by Gasteiger charge is 2.19. The average Bonchev–Trinajstić information content (AvgIpc) is 3.49. The molecule has 0 fully saturated rings. The van der Waals surface area contributed by atoms with E-state index in [-0.39, 0.29) is 37.5 Å². The predicted molar refractivity (Wildman–Crippen MR) is 362 cm³/mol. The molecule has 0 heterocycles. The summed E-state index contributed by atoms with van der Waals surface area (Å²) in [7, 11) is 0. The zero-order chi connectivity index (χ0) is 59.9. The molecule has 0 bridgehead atoms. The van der Waals surface area contributed by atoms with Gasteiger partial charge in [0.25, 0.3) is 0 Å². The summed E-state index contributed by atoms with van der Waals surface area (Å²) in [4.78, 5) is 38.4. The first-order chi connectivity index (χ1) is 41.0. The summed E-state index contributed by atoms with van der Waals surface area (Å²) in [5.74, 6) is -0.969. The van der Waals surface area contributed by atoms with Gasteiger partial charge in [0, 0.05) is 19.3 Å². The van der Waals surface area contributed by atoms with Gasteiger partial charge in [-0.3, -0.25) is 14.4 Å². The molecule has 0 saturated carbocycles. The first-order valence-electron chi connectivity index (χ1n) is 34.7. The highest BCUT2D eigenvalue weighted by molar-refractivity contribution is 5.71. The van der Waals surface area contributed by atoms with Crippen molar-refractivity contribution in [2.45, 2.75) is 322 Å². The molecule has 0 aliphatic carbocycles. The molecule has 6 heteroatoms. The van der Waals surface area contributed by atoms with Crippen molar-refractivity contribution in [2.75, 3.05) is 13.2 Å². The van der Waals surface area contributed by atoms with Gasteiger partial charge in [0.1, 0.15) is 13.2 Å². The quantitative estimate of drug-likeness (QED) is 0.0261. The molecule has 1 unspecified atom stereocenters. The normalized spacial score (nSPS) is 13.0. The minimum Gasteiger partial charge on any atom is -0.462 e. The van der Waals surface area contributed by atoms with E-state index in [2.05, 4.69) is 154 Å². The Morgan fingerprint density at radius 3 is 0.807 bits per heavy atom. The summed E-state index contributed by atoms with van der Waals surface area (Å²) in [6.45, 7) is 6.47. The Morgan fingerprint density at radius 2 is 0.482 bits per heavy atom. The maximum Gasteiger partial charge on any atom is 0.306 e. The fraction of sp³-hybridized carbons (Fsp3) is 0.675. The summed E-state index contributed by atoms with van der Waals surface area (Å²) in [6.07, 6.45) is 99.0. The topological polar surface area (TPSA) is 78.9 Å². The van der Waals surface area contributed by atoms with Crippen molar-refractivity contribution in [1.29, 1.82) is 0 Å². The summed E-state index contributed by atoms with van der Waals surface area (Å²) in [6, 6.07) is 0. The second kappa shape index (κ2) is 70.0. The Bertz CT molecular complexity index is 1750. The first-order valence-corrected chi connectivity index (χ1v) is 34.7. The van der Waals surface area contributed by atoms with E-state index in [9.17, 15) is 14.4 Å². The maximum atomic E-state index is 12.9. The molecular weight excluding hydrogens is 1020 g/mol. The number of carbonyl (C=O) groups excluding carboxylic acids is 3. The molecule has 0 aromatic heterocycles. The molecule has 0 aromatic carbocycles. The monoisotopic (exact) mass is 1150 g/mol. The summed E-state index contributed by atoms with van der Waals surface area (Å²) >= 11 is 0. The third-order valence-corrected chi connectivity index (χ3v) is 14.6. The largest absolute Gasteiger partial charge is 0.462 e.